The number of hydrogen-bond donors (Lipinski definition) is 0. The number of benzene rings is 2. The van der Waals surface area contributed by atoms with Crippen LogP contribution in [0.15, 0.2) is 47.4 Å². The monoisotopic (exact) mass is 431 g/mol. The Kier molecular flexibility index (Phi) is 7.87. The summed E-state index contributed by atoms with van der Waals surface area (Å²) in [5, 5.41) is 0. The van der Waals surface area contributed by atoms with Crippen LogP contribution >= 0.6 is 11.8 Å². The van der Waals surface area contributed by atoms with Gasteiger partial charge in [0.15, 0.2) is 5.78 Å². The summed E-state index contributed by atoms with van der Waals surface area (Å²) in [4.78, 5) is 26.5. The lowest BCUT2D eigenvalue weighted by molar-refractivity contribution is -0.130. The Morgan fingerprint density at radius 1 is 1.27 bits per heavy atom. The summed E-state index contributed by atoms with van der Waals surface area (Å²) >= 11 is 1.13. The second kappa shape index (κ2) is 10.6. The molecule has 1 heterocycles. The zero-order valence-electron chi connectivity index (χ0n) is 17.2. The van der Waals surface area contributed by atoms with E-state index in [2.05, 4.69) is 0 Å². The Balaban J connectivity index is 1.70. The van der Waals surface area contributed by atoms with Gasteiger partial charge in [0.25, 0.3) is 0 Å². The summed E-state index contributed by atoms with van der Waals surface area (Å²) in [7, 11) is 1.61. The van der Waals surface area contributed by atoms with Gasteiger partial charge in [-0.15, -0.1) is 11.8 Å². The van der Waals surface area contributed by atoms with Crippen LogP contribution in [-0.2, 0) is 16.1 Å². The van der Waals surface area contributed by atoms with Crippen LogP contribution in [0.2, 0.25) is 0 Å². The van der Waals surface area contributed by atoms with E-state index < -0.39 is 5.82 Å². The van der Waals surface area contributed by atoms with E-state index in [1.165, 1.54) is 13.0 Å². The molecule has 1 fully saturated rings. The number of hydrogen-bond acceptors (Lipinski definition) is 5. The number of amides is 1. The van der Waals surface area contributed by atoms with Crippen molar-refractivity contribution in [3.8, 4) is 5.75 Å². The van der Waals surface area contributed by atoms with Crippen LogP contribution in [0.4, 0.5) is 4.39 Å². The van der Waals surface area contributed by atoms with E-state index in [1.807, 2.05) is 24.3 Å². The highest BCUT2D eigenvalue weighted by atomic mass is 32.2. The zero-order valence-corrected chi connectivity index (χ0v) is 18.0. The van der Waals surface area contributed by atoms with Crippen molar-refractivity contribution in [2.45, 2.75) is 37.3 Å². The molecule has 0 N–H and O–H groups in total. The predicted molar refractivity (Wildman–Crippen MR) is 115 cm³/mol. The van der Waals surface area contributed by atoms with Crippen molar-refractivity contribution in [2.24, 2.45) is 0 Å². The summed E-state index contributed by atoms with van der Waals surface area (Å²) in [5.74, 6) is 0.0349. The minimum absolute atomic E-state index is 0.0141. The van der Waals surface area contributed by atoms with E-state index in [0.717, 1.165) is 35.9 Å². The number of ether oxygens (including phenoxy) is 2. The van der Waals surface area contributed by atoms with Gasteiger partial charge in [0.2, 0.25) is 5.91 Å². The van der Waals surface area contributed by atoms with Crippen molar-refractivity contribution in [1.29, 1.82) is 0 Å². The topological polar surface area (TPSA) is 55.8 Å². The van der Waals surface area contributed by atoms with Crippen LogP contribution in [0, 0.1) is 5.82 Å². The maximum atomic E-state index is 14.3. The van der Waals surface area contributed by atoms with E-state index in [-0.39, 0.29) is 23.5 Å². The largest absolute Gasteiger partial charge is 0.496 e. The number of rotatable bonds is 9. The Hall–Kier alpha value is -2.38. The van der Waals surface area contributed by atoms with Gasteiger partial charge in [-0.1, -0.05) is 24.3 Å². The van der Waals surface area contributed by atoms with Crippen LogP contribution in [0.5, 0.6) is 5.75 Å². The van der Waals surface area contributed by atoms with Gasteiger partial charge in [0, 0.05) is 35.7 Å². The van der Waals surface area contributed by atoms with Crippen LogP contribution in [0.3, 0.4) is 0 Å². The molecule has 0 saturated carbocycles. The highest BCUT2D eigenvalue weighted by Gasteiger charge is 2.24. The summed E-state index contributed by atoms with van der Waals surface area (Å²) in [5.41, 5.74) is 1.23. The van der Waals surface area contributed by atoms with Gasteiger partial charge in [0.05, 0.1) is 19.0 Å². The highest BCUT2D eigenvalue weighted by molar-refractivity contribution is 8.00. The molecule has 5 nitrogen and oxygen atoms in total. The first-order valence-electron chi connectivity index (χ1n) is 9.92. The molecule has 0 radical (unpaired) electrons. The molecule has 3 rings (SSSR count). The van der Waals surface area contributed by atoms with Gasteiger partial charge in [-0.05, 0) is 38.0 Å². The number of thioether (sulfide) groups is 1. The molecule has 1 aliphatic heterocycles. The quantitative estimate of drug-likeness (QED) is 0.437. The molecule has 0 bridgehead atoms. The van der Waals surface area contributed by atoms with Crippen molar-refractivity contribution in [3.05, 3.63) is 59.4 Å². The van der Waals surface area contributed by atoms with Crippen molar-refractivity contribution < 1.29 is 23.5 Å². The van der Waals surface area contributed by atoms with Crippen LogP contribution in [-0.4, -0.2) is 48.7 Å². The Labute approximate surface area is 180 Å². The smallest absolute Gasteiger partial charge is 0.233 e. The van der Waals surface area contributed by atoms with Crippen molar-refractivity contribution >= 4 is 23.5 Å². The molecular weight excluding hydrogens is 405 g/mol. The van der Waals surface area contributed by atoms with Crippen LogP contribution in [0.25, 0.3) is 0 Å². The first-order chi connectivity index (χ1) is 14.5. The minimum Gasteiger partial charge on any atom is -0.496 e. The first kappa shape index (κ1) is 22.3. The summed E-state index contributed by atoms with van der Waals surface area (Å²) in [6.45, 7) is 2.99. The molecule has 1 aliphatic rings. The molecule has 2 aromatic carbocycles. The molecule has 0 spiro atoms. The van der Waals surface area contributed by atoms with Gasteiger partial charge < -0.3 is 14.4 Å². The lowest BCUT2D eigenvalue weighted by atomic mass is 10.1. The molecular formula is C23H26FNO4S. The van der Waals surface area contributed by atoms with Crippen LogP contribution in [0.1, 0.15) is 35.7 Å². The first-order valence-corrected chi connectivity index (χ1v) is 10.9. The lowest BCUT2D eigenvalue weighted by Crippen LogP contribution is -2.38. The fraction of sp³-hybridized carbons (Fsp3) is 0.391. The van der Waals surface area contributed by atoms with Crippen molar-refractivity contribution in [2.75, 3.05) is 26.0 Å². The van der Waals surface area contributed by atoms with Crippen molar-refractivity contribution in [1.82, 2.24) is 4.90 Å². The third-order valence-corrected chi connectivity index (χ3v) is 6.08. The van der Waals surface area contributed by atoms with Gasteiger partial charge in [-0.3, -0.25) is 9.59 Å². The Morgan fingerprint density at radius 3 is 2.73 bits per heavy atom. The SMILES string of the molecule is COc1ccccc1CN(CC1CCCO1)C(=O)CSc1ccc(C(C)=O)cc1F. The van der Waals surface area contributed by atoms with E-state index in [1.54, 1.807) is 24.1 Å². The number of carbonyl (C=O) groups is 2. The average Bonchev–Trinajstić information content (AvgIpc) is 3.25. The summed E-state index contributed by atoms with van der Waals surface area (Å²) in [6, 6.07) is 11.9. The maximum absolute atomic E-state index is 14.3. The lowest BCUT2D eigenvalue weighted by Gasteiger charge is -2.26. The van der Waals surface area contributed by atoms with E-state index >= 15 is 0 Å². The number of carbonyl (C=O) groups excluding carboxylic acids is 2. The molecule has 2 aromatic rings. The third-order valence-electron chi connectivity index (χ3n) is 5.04. The van der Waals surface area contributed by atoms with E-state index in [9.17, 15) is 14.0 Å². The standard InChI is InChI=1S/C23H26FNO4S/c1-16(26)17-9-10-22(20(24)12-17)30-15-23(27)25(14-19-7-5-11-29-19)13-18-6-3-4-8-21(18)28-2/h3-4,6,8-10,12,19H,5,7,11,13-15H2,1-2H3. The van der Waals surface area contributed by atoms with Gasteiger partial charge in [-0.25, -0.2) is 4.39 Å². The van der Waals surface area contributed by atoms with E-state index in [0.29, 0.717) is 30.2 Å². The van der Waals surface area contributed by atoms with Gasteiger partial charge in [0.1, 0.15) is 11.6 Å². The molecule has 1 atom stereocenters. The molecule has 1 saturated heterocycles. The number of Topliss-reactive ketones (excluding diaryl/α,β-unsaturated/α-hetero) is 1. The van der Waals surface area contributed by atoms with Gasteiger partial charge >= 0.3 is 0 Å². The molecule has 0 aromatic heterocycles. The number of para-hydroxylation sites is 1. The fourth-order valence-electron chi connectivity index (χ4n) is 3.40. The Bertz CT molecular complexity index is 899. The second-order valence-corrected chi connectivity index (χ2v) is 8.23. The molecule has 7 heteroatoms. The van der Waals surface area contributed by atoms with Gasteiger partial charge in [-0.2, -0.15) is 0 Å². The fourth-order valence-corrected chi connectivity index (χ4v) is 4.22. The number of ketones is 1. The average molecular weight is 432 g/mol. The molecule has 0 aliphatic carbocycles. The summed E-state index contributed by atoms with van der Waals surface area (Å²) < 4.78 is 25.4. The number of nitrogens with zero attached hydrogens (tertiary/aromatic N) is 1. The summed E-state index contributed by atoms with van der Waals surface area (Å²) in [6.07, 6.45) is 1.92. The normalized spacial score (nSPS) is 15.8. The second-order valence-electron chi connectivity index (χ2n) is 7.21. The minimum atomic E-state index is -0.490. The predicted octanol–water partition coefficient (Wildman–Crippen LogP) is 4.34. The molecule has 1 amide bonds. The number of halogens is 1. The molecule has 160 valence electrons. The third kappa shape index (κ3) is 5.83. The van der Waals surface area contributed by atoms with E-state index in [4.69, 9.17) is 9.47 Å². The Morgan fingerprint density at radius 2 is 2.07 bits per heavy atom. The maximum Gasteiger partial charge on any atom is 0.233 e. The van der Waals surface area contributed by atoms with Crippen molar-refractivity contribution in [3.63, 3.8) is 0 Å². The molecule has 1 unspecified atom stereocenters. The number of methoxy groups -OCH3 is 1. The zero-order chi connectivity index (χ0) is 21.5. The highest BCUT2D eigenvalue weighted by Crippen LogP contribution is 2.25. The molecule has 30 heavy (non-hydrogen) atoms. The van der Waals surface area contributed by atoms with Crippen LogP contribution < -0.4 is 4.74 Å².